The number of nitrogen functional groups attached to an aromatic ring is 1. The highest BCUT2D eigenvalue weighted by molar-refractivity contribution is 5.99. The van der Waals surface area contributed by atoms with E-state index in [0.717, 1.165) is 17.9 Å². The van der Waals surface area contributed by atoms with Crippen molar-refractivity contribution in [2.75, 3.05) is 5.73 Å². The van der Waals surface area contributed by atoms with Crippen LogP contribution in [0.1, 0.15) is 42.1 Å². The van der Waals surface area contributed by atoms with Crippen molar-refractivity contribution >= 4 is 11.6 Å². The topological polar surface area (TPSA) is 55.1 Å². The predicted octanol–water partition coefficient (Wildman–Crippen LogP) is 2.50. The fraction of sp³-hybridized carbons (Fsp3) is 0.500. The lowest BCUT2D eigenvalue weighted by Gasteiger charge is -2.14. The van der Waals surface area contributed by atoms with Crippen LogP contribution in [-0.4, -0.2) is 11.9 Å². The quantitative estimate of drug-likeness (QED) is 0.784. The first-order chi connectivity index (χ1) is 8.06. The molecule has 0 heterocycles. The number of benzene rings is 1. The second-order valence-corrected chi connectivity index (χ2v) is 5.14. The van der Waals surface area contributed by atoms with Gasteiger partial charge in [-0.05, 0) is 43.9 Å². The van der Waals surface area contributed by atoms with Crippen LogP contribution in [0.2, 0.25) is 0 Å². The number of nitrogens with one attached hydrogen (secondary N) is 1. The van der Waals surface area contributed by atoms with Gasteiger partial charge in [0.1, 0.15) is 0 Å². The first kappa shape index (κ1) is 12.0. The summed E-state index contributed by atoms with van der Waals surface area (Å²) in [6.07, 6.45) is 3.71. The molecule has 3 N–H and O–H groups in total. The second kappa shape index (κ2) is 4.78. The van der Waals surface area contributed by atoms with Crippen LogP contribution in [0, 0.1) is 12.8 Å². The summed E-state index contributed by atoms with van der Waals surface area (Å²) in [6, 6.07) is 5.77. The van der Waals surface area contributed by atoms with Crippen LogP contribution >= 0.6 is 0 Å². The molecule has 1 aromatic carbocycles. The highest BCUT2D eigenvalue weighted by atomic mass is 16.1. The van der Waals surface area contributed by atoms with Gasteiger partial charge in [-0.1, -0.05) is 18.9 Å². The number of carbonyl (C=O) groups is 1. The van der Waals surface area contributed by atoms with E-state index in [-0.39, 0.29) is 11.9 Å². The Labute approximate surface area is 102 Å². The zero-order valence-electron chi connectivity index (χ0n) is 10.5. The predicted molar refractivity (Wildman–Crippen MR) is 69.9 cm³/mol. The average Bonchev–Trinajstić information content (AvgIpc) is 3.00. The molecule has 1 aliphatic rings. The Kier molecular flexibility index (Phi) is 3.36. The van der Waals surface area contributed by atoms with Crippen LogP contribution in [0.5, 0.6) is 0 Å². The van der Waals surface area contributed by atoms with E-state index in [0.29, 0.717) is 11.3 Å². The first-order valence-electron chi connectivity index (χ1n) is 6.23. The van der Waals surface area contributed by atoms with Gasteiger partial charge in [-0.3, -0.25) is 4.79 Å². The van der Waals surface area contributed by atoms with E-state index in [4.69, 9.17) is 5.73 Å². The molecular weight excluding hydrogens is 212 g/mol. The summed E-state index contributed by atoms with van der Waals surface area (Å²) in [4.78, 5) is 12.0. The van der Waals surface area contributed by atoms with Gasteiger partial charge in [0.15, 0.2) is 0 Å². The third-order valence-electron chi connectivity index (χ3n) is 3.21. The van der Waals surface area contributed by atoms with E-state index in [1.165, 1.54) is 12.8 Å². The van der Waals surface area contributed by atoms with Gasteiger partial charge in [0.2, 0.25) is 0 Å². The average molecular weight is 232 g/mol. The third-order valence-corrected chi connectivity index (χ3v) is 3.21. The molecule has 1 saturated carbocycles. The molecule has 0 spiro atoms. The fourth-order valence-corrected chi connectivity index (χ4v) is 2.10. The van der Waals surface area contributed by atoms with E-state index in [1.54, 1.807) is 6.07 Å². The summed E-state index contributed by atoms with van der Waals surface area (Å²) in [7, 11) is 0. The molecule has 1 amide bonds. The van der Waals surface area contributed by atoms with Crippen LogP contribution in [0.3, 0.4) is 0 Å². The van der Waals surface area contributed by atoms with Gasteiger partial charge in [0, 0.05) is 11.7 Å². The molecule has 2 rings (SSSR count). The smallest absolute Gasteiger partial charge is 0.253 e. The van der Waals surface area contributed by atoms with Crippen LogP contribution < -0.4 is 11.1 Å². The zero-order valence-corrected chi connectivity index (χ0v) is 10.5. The Morgan fingerprint density at radius 3 is 2.82 bits per heavy atom. The molecule has 0 aliphatic heterocycles. The lowest BCUT2D eigenvalue weighted by molar-refractivity contribution is 0.0938. The lowest BCUT2D eigenvalue weighted by Crippen LogP contribution is -2.33. The van der Waals surface area contributed by atoms with Crippen molar-refractivity contribution in [1.29, 1.82) is 0 Å². The van der Waals surface area contributed by atoms with E-state index in [9.17, 15) is 4.79 Å². The molecule has 0 aromatic heterocycles. The van der Waals surface area contributed by atoms with Crippen molar-refractivity contribution < 1.29 is 4.79 Å². The number of nitrogens with two attached hydrogens (primary N) is 1. The second-order valence-electron chi connectivity index (χ2n) is 5.14. The van der Waals surface area contributed by atoms with Crippen molar-refractivity contribution in [3.05, 3.63) is 29.3 Å². The molecule has 1 aliphatic carbocycles. The molecule has 17 heavy (non-hydrogen) atoms. The molecule has 3 nitrogen and oxygen atoms in total. The molecule has 1 fully saturated rings. The summed E-state index contributed by atoms with van der Waals surface area (Å²) in [5.41, 5.74) is 8.06. The van der Waals surface area contributed by atoms with Crippen LogP contribution in [0.15, 0.2) is 18.2 Å². The molecule has 1 aromatic rings. The van der Waals surface area contributed by atoms with E-state index < -0.39 is 0 Å². The van der Waals surface area contributed by atoms with Gasteiger partial charge in [-0.2, -0.15) is 0 Å². The maximum absolute atomic E-state index is 12.0. The molecule has 1 unspecified atom stereocenters. The van der Waals surface area contributed by atoms with E-state index >= 15 is 0 Å². The molecule has 0 radical (unpaired) electrons. The van der Waals surface area contributed by atoms with Gasteiger partial charge in [0.25, 0.3) is 5.91 Å². The Morgan fingerprint density at radius 2 is 2.24 bits per heavy atom. The molecule has 1 atom stereocenters. The third kappa shape index (κ3) is 3.22. The Bertz CT molecular complexity index is 424. The van der Waals surface area contributed by atoms with Crippen molar-refractivity contribution in [2.24, 2.45) is 5.92 Å². The Balaban J connectivity index is 1.98. The first-order valence-corrected chi connectivity index (χ1v) is 6.23. The number of carbonyl (C=O) groups excluding carboxylic acids is 1. The molecule has 92 valence electrons. The zero-order chi connectivity index (χ0) is 12.4. The normalized spacial score (nSPS) is 16.6. The maximum atomic E-state index is 12.0. The molecule has 3 heteroatoms. The SMILES string of the molecule is Cc1ccc(C(=O)NC(C)CC2CC2)c(N)c1. The largest absolute Gasteiger partial charge is 0.398 e. The highest BCUT2D eigenvalue weighted by Crippen LogP contribution is 2.33. The number of rotatable bonds is 4. The molecule has 0 saturated heterocycles. The number of aryl methyl sites for hydroxylation is 1. The molecule has 0 bridgehead atoms. The fourth-order valence-electron chi connectivity index (χ4n) is 2.10. The Morgan fingerprint density at radius 1 is 1.53 bits per heavy atom. The van der Waals surface area contributed by atoms with Crippen LogP contribution in [0.25, 0.3) is 0 Å². The van der Waals surface area contributed by atoms with Gasteiger partial charge in [-0.15, -0.1) is 0 Å². The summed E-state index contributed by atoms with van der Waals surface area (Å²) < 4.78 is 0. The van der Waals surface area contributed by atoms with Gasteiger partial charge in [-0.25, -0.2) is 0 Å². The number of anilines is 1. The molecular formula is C14H20N2O. The van der Waals surface area contributed by atoms with Crippen LogP contribution in [-0.2, 0) is 0 Å². The van der Waals surface area contributed by atoms with Crippen molar-refractivity contribution in [2.45, 2.75) is 39.2 Å². The summed E-state index contributed by atoms with van der Waals surface area (Å²) >= 11 is 0. The van der Waals surface area contributed by atoms with Crippen molar-refractivity contribution in [3.8, 4) is 0 Å². The van der Waals surface area contributed by atoms with Gasteiger partial charge < -0.3 is 11.1 Å². The van der Waals surface area contributed by atoms with Gasteiger partial charge in [0.05, 0.1) is 5.56 Å². The van der Waals surface area contributed by atoms with Crippen molar-refractivity contribution in [3.63, 3.8) is 0 Å². The minimum Gasteiger partial charge on any atom is -0.398 e. The number of hydrogen-bond donors (Lipinski definition) is 2. The number of hydrogen-bond acceptors (Lipinski definition) is 2. The van der Waals surface area contributed by atoms with Crippen molar-refractivity contribution in [1.82, 2.24) is 5.32 Å². The lowest BCUT2D eigenvalue weighted by atomic mass is 10.1. The Hall–Kier alpha value is -1.51. The maximum Gasteiger partial charge on any atom is 0.253 e. The summed E-state index contributed by atoms with van der Waals surface area (Å²) in [5, 5.41) is 3.01. The highest BCUT2D eigenvalue weighted by Gasteiger charge is 2.24. The van der Waals surface area contributed by atoms with E-state index in [1.807, 2.05) is 19.1 Å². The minimum absolute atomic E-state index is 0.0596. The summed E-state index contributed by atoms with van der Waals surface area (Å²) in [5.74, 6) is 0.760. The van der Waals surface area contributed by atoms with Crippen LogP contribution in [0.4, 0.5) is 5.69 Å². The standard InChI is InChI=1S/C14H20N2O/c1-9-3-6-12(13(15)7-9)14(17)16-10(2)8-11-4-5-11/h3,6-7,10-11H,4-5,8,15H2,1-2H3,(H,16,17). The minimum atomic E-state index is -0.0596. The van der Waals surface area contributed by atoms with E-state index in [2.05, 4.69) is 12.2 Å². The number of amides is 1. The van der Waals surface area contributed by atoms with Gasteiger partial charge >= 0.3 is 0 Å². The summed E-state index contributed by atoms with van der Waals surface area (Å²) in [6.45, 7) is 4.02. The monoisotopic (exact) mass is 232 g/mol.